The predicted octanol–water partition coefficient (Wildman–Crippen LogP) is 1.98. The Hall–Kier alpha value is -2.21. The zero-order chi connectivity index (χ0) is 15.5. The molecule has 6 nitrogen and oxygen atoms in total. The molecule has 1 N–H and O–H groups in total. The van der Waals surface area contributed by atoms with E-state index in [1.54, 1.807) is 6.20 Å². The highest BCUT2D eigenvalue weighted by molar-refractivity contribution is 5.61. The van der Waals surface area contributed by atoms with Crippen molar-refractivity contribution >= 4 is 17.5 Å². The smallest absolute Gasteiger partial charge is 0.247 e. The number of nitrogens with zero attached hydrogens (tertiary/aromatic N) is 5. The van der Waals surface area contributed by atoms with Crippen molar-refractivity contribution in [3.63, 3.8) is 0 Å². The van der Waals surface area contributed by atoms with Crippen LogP contribution in [0.5, 0.6) is 0 Å². The standard InChI is InChI=1S/C16H22N6/c1-12-4-5-13(2)14(10-12)18-15-11-17-20-16(19-15)22-8-6-21(3)7-9-22/h4-5,10-11H,6-9H2,1-3H3,(H,18,19,20). The van der Waals surface area contributed by atoms with Gasteiger partial charge in [0.05, 0.1) is 6.20 Å². The molecule has 2 aromatic rings. The van der Waals surface area contributed by atoms with Gasteiger partial charge in [-0.3, -0.25) is 0 Å². The molecule has 6 heteroatoms. The van der Waals surface area contributed by atoms with Gasteiger partial charge in [0.2, 0.25) is 5.95 Å². The summed E-state index contributed by atoms with van der Waals surface area (Å²) in [4.78, 5) is 9.10. The van der Waals surface area contributed by atoms with Gasteiger partial charge in [-0.25, -0.2) is 0 Å². The van der Waals surface area contributed by atoms with Gasteiger partial charge >= 0.3 is 0 Å². The molecule has 0 radical (unpaired) electrons. The molecule has 2 heterocycles. The van der Waals surface area contributed by atoms with Gasteiger partial charge in [0, 0.05) is 31.9 Å². The lowest BCUT2D eigenvalue weighted by atomic mass is 10.1. The minimum absolute atomic E-state index is 0.698. The summed E-state index contributed by atoms with van der Waals surface area (Å²) in [6.07, 6.45) is 1.67. The van der Waals surface area contributed by atoms with E-state index in [1.165, 1.54) is 11.1 Å². The molecule has 1 aliphatic heterocycles. The minimum atomic E-state index is 0.698. The number of piperazine rings is 1. The third kappa shape index (κ3) is 3.33. The first kappa shape index (κ1) is 14.7. The summed E-state index contributed by atoms with van der Waals surface area (Å²) in [5, 5.41) is 11.6. The monoisotopic (exact) mass is 298 g/mol. The molecule has 1 aliphatic rings. The molecule has 3 rings (SSSR count). The molecule has 0 atom stereocenters. The quantitative estimate of drug-likeness (QED) is 0.935. The highest BCUT2D eigenvalue weighted by Gasteiger charge is 2.17. The van der Waals surface area contributed by atoms with Crippen LogP contribution in [0.1, 0.15) is 11.1 Å². The van der Waals surface area contributed by atoms with E-state index in [1.807, 2.05) is 0 Å². The third-order valence-electron chi connectivity index (χ3n) is 3.99. The number of benzene rings is 1. The van der Waals surface area contributed by atoms with E-state index in [2.05, 4.69) is 69.4 Å². The zero-order valence-electron chi connectivity index (χ0n) is 13.4. The van der Waals surface area contributed by atoms with Crippen LogP contribution in [0.2, 0.25) is 0 Å². The second-order valence-electron chi connectivity index (χ2n) is 5.88. The number of aromatic nitrogens is 3. The normalized spacial score (nSPS) is 15.9. The maximum atomic E-state index is 4.61. The average Bonchev–Trinajstić information content (AvgIpc) is 2.52. The Morgan fingerprint density at radius 1 is 1.09 bits per heavy atom. The Morgan fingerprint density at radius 3 is 2.64 bits per heavy atom. The van der Waals surface area contributed by atoms with E-state index >= 15 is 0 Å². The second-order valence-corrected chi connectivity index (χ2v) is 5.88. The SMILES string of the molecule is Cc1ccc(C)c(Nc2cnnc(N3CCN(C)CC3)n2)c1. The number of rotatable bonds is 3. The molecule has 0 spiro atoms. The Kier molecular flexibility index (Phi) is 4.20. The lowest BCUT2D eigenvalue weighted by Crippen LogP contribution is -2.45. The highest BCUT2D eigenvalue weighted by atomic mass is 15.4. The zero-order valence-corrected chi connectivity index (χ0v) is 13.4. The largest absolute Gasteiger partial charge is 0.339 e. The number of hydrogen-bond donors (Lipinski definition) is 1. The molecule has 1 aromatic heterocycles. The van der Waals surface area contributed by atoms with Gasteiger partial charge in [0.15, 0.2) is 5.82 Å². The molecule has 0 bridgehead atoms. The van der Waals surface area contributed by atoms with E-state index in [4.69, 9.17) is 0 Å². The van der Waals surface area contributed by atoms with Crippen LogP contribution in [-0.4, -0.2) is 53.3 Å². The fourth-order valence-corrected chi connectivity index (χ4v) is 2.50. The summed E-state index contributed by atoms with van der Waals surface area (Å²) in [6.45, 7) is 8.09. The average molecular weight is 298 g/mol. The van der Waals surface area contributed by atoms with Gasteiger partial charge in [-0.2, -0.15) is 10.1 Å². The maximum absolute atomic E-state index is 4.61. The van der Waals surface area contributed by atoms with Crippen molar-refractivity contribution in [3.8, 4) is 0 Å². The molecule has 0 unspecified atom stereocenters. The van der Waals surface area contributed by atoms with Gasteiger partial charge in [-0.1, -0.05) is 12.1 Å². The first-order chi connectivity index (χ1) is 10.6. The molecule has 1 aromatic carbocycles. The molecular weight excluding hydrogens is 276 g/mol. The number of hydrogen-bond acceptors (Lipinski definition) is 6. The highest BCUT2D eigenvalue weighted by Crippen LogP contribution is 2.21. The number of anilines is 3. The summed E-state index contributed by atoms with van der Waals surface area (Å²) < 4.78 is 0. The van der Waals surface area contributed by atoms with Crippen LogP contribution in [0.15, 0.2) is 24.4 Å². The molecule has 0 amide bonds. The summed E-state index contributed by atoms with van der Waals surface area (Å²) in [7, 11) is 2.13. The van der Waals surface area contributed by atoms with Crippen molar-refractivity contribution in [2.75, 3.05) is 43.4 Å². The van der Waals surface area contributed by atoms with E-state index in [0.717, 1.165) is 37.7 Å². The Bertz CT molecular complexity index is 649. The molecular formula is C16H22N6. The van der Waals surface area contributed by atoms with Crippen molar-refractivity contribution in [1.82, 2.24) is 20.1 Å². The summed E-state index contributed by atoms with van der Waals surface area (Å²) >= 11 is 0. The van der Waals surface area contributed by atoms with E-state index in [9.17, 15) is 0 Å². The lowest BCUT2D eigenvalue weighted by Gasteiger charge is -2.32. The van der Waals surface area contributed by atoms with Crippen LogP contribution < -0.4 is 10.2 Å². The first-order valence-corrected chi connectivity index (χ1v) is 7.59. The topological polar surface area (TPSA) is 57.2 Å². The number of aryl methyl sites for hydroxylation is 2. The van der Waals surface area contributed by atoms with E-state index in [0.29, 0.717) is 5.95 Å². The molecule has 1 fully saturated rings. The second kappa shape index (κ2) is 6.27. The van der Waals surface area contributed by atoms with Crippen molar-refractivity contribution in [1.29, 1.82) is 0 Å². The van der Waals surface area contributed by atoms with E-state index in [-0.39, 0.29) is 0 Å². The molecule has 0 aliphatic carbocycles. The summed E-state index contributed by atoms with van der Waals surface area (Å²) in [5.41, 5.74) is 3.46. The molecule has 22 heavy (non-hydrogen) atoms. The van der Waals surface area contributed by atoms with Crippen molar-refractivity contribution in [2.24, 2.45) is 0 Å². The van der Waals surface area contributed by atoms with Crippen LogP contribution >= 0.6 is 0 Å². The molecule has 116 valence electrons. The predicted molar refractivity (Wildman–Crippen MR) is 88.7 cm³/mol. The fourth-order valence-electron chi connectivity index (χ4n) is 2.50. The minimum Gasteiger partial charge on any atom is -0.339 e. The maximum Gasteiger partial charge on any atom is 0.247 e. The number of likely N-dealkylation sites (N-methyl/N-ethyl adjacent to an activating group) is 1. The third-order valence-corrected chi connectivity index (χ3v) is 3.99. The fraction of sp³-hybridized carbons (Fsp3) is 0.438. The Balaban J connectivity index is 1.78. The van der Waals surface area contributed by atoms with Crippen molar-refractivity contribution in [3.05, 3.63) is 35.5 Å². The van der Waals surface area contributed by atoms with Crippen molar-refractivity contribution < 1.29 is 0 Å². The van der Waals surface area contributed by atoms with Gasteiger partial charge in [0.25, 0.3) is 0 Å². The summed E-state index contributed by atoms with van der Waals surface area (Å²) in [5.74, 6) is 1.43. The molecule has 1 saturated heterocycles. The van der Waals surface area contributed by atoms with Crippen LogP contribution in [0.4, 0.5) is 17.5 Å². The Morgan fingerprint density at radius 2 is 1.86 bits per heavy atom. The summed E-state index contributed by atoms with van der Waals surface area (Å²) in [6, 6.07) is 6.33. The van der Waals surface area contributed by atoms with Crippen LogP contribution in [0.3, 0.4) is 0 Å². The van der Waals surface area contributed by atoms with Gasteiger partial charge < -0.3 is 15.1 Å². The van der Waals surface area contributed by atoms with Crippen molar-refractivity contribution in [2.45, 2.75) is 13.8 Å². The van der Waals surface area contributed by atoms with Gasteiger partial charge in [-0.05, 0) is 38.1 Å². The lowest BCUT2D eigenvalue weighted by molar-refractivity contribution is 0.311. The number of nitrogens with one attached hydrogen (secondary N) is 1. The van der Waals surface area contributed by atoms with Crippen LogP contribution in [0, 0.1) is 13.8 Å². The Labute approximate surface area is 131 Å². The van der Waals surface area contributed by atoms with Crippen LogP contribution in [-0.2, 0) is 0 Å². The van der Waals surface area contributed by atoms with Gasteiger partial charge in [0.1, 0.15) is 0 Å². The van der Waals surface area contributed by atoms with E-state index < -0.39 is 0 Å². The van der Waals surface area contributed by atoms with Crippen LogP contribution in [0.25, 0.3) is 0 Å². The first-order valence-electron chi connectivity index (χ1n) is 7.59. The van der Waals surface area contributed by atoms with Gasteiger partial charge in [-0.15, -0.1) is 5.10 Å². The molecule has 0 saturated carbocycles.